The average Bonchev–Trinajstić information content (AvgIpc) is 2.82. The van der Waals surface area contributed by atoms with Crippen LogP contribution in [0.3, 0.4) is 0 Å². The Morgan fingerprint density at radius 2 is 1.85 bits per heavy atom. The first kappa shape index (κ1) is 26.2. The number of piperazine rings is 1. The zero-order valence-corrected chi connectivity index (χ0v) is 19.9. The van der Waals surface area contributed by atoms with Gasteiger partial charge in [0.25, 0.3) is 0 Å². The number of hydrogen-bond donors (Lipinski definition) is 1. The Morgan fingerprint density at radius 1 is 1.09 bits per heavy atom. The SMILES string of the molecule is CCOC(=O)N1CCN(C(C)NC(=O)C=CC=Cc2ccc(OCCOC)c(OC)c2)CC1. The lowest BCUT2D eigenvalue weighted by Gasteiger charge is -2.37. The number of carbonyl (C=O) groups is 2. The normalized spacial score (nSPS) is 15.6. The van der Waals surface area contributed by atoms with E-state index in [1.807, 2.05) is 31.2 Å². The Morgan fingerprint density at radius 3 is 2.52 bits per heavy atom. The number of methoxy groups -OCH3 is 2. The van der Waals surface area contributed by atoms with Gasteiger partial charge in [0.1, 0.15) is 6.61 Å². The third-order valence-electron chi connectivity index (χ3n) is 5.12. The molecule has 2 amide bonds. The van der Waals surface area contributed by atoms with Crippen LogP contribution in [0.4, 0.5) is 4.79 Å². The fraction of sp³-hybridized carbons (Fsp3) is 0.500. The first-order valence-electron chi connectivity index (χ1n) is 11.1. The van der Waals surface area contributed by atoms with Crippen LogP contribution in [0.5, 0.6) is 11.5 Å². The lowest BCUT2D eigenvalue weighted by molar-refractivity contribution is -0.118. The number of benzene rings is 1. The number of hydrogen-bond acceptors (Lipinski definition) is 7. The number of nitrogens with one attached hydrogen (secondary N) is 1. The van der Waals surface area contributed by atoms with Crippen molar-refractivity contribution in [3.05, 3.63) is 42.0 Å². The quantitative estimate of drug-likeness (QED) is 0.308. The molecular weight excluding hydrogens is 426 g/mol. The van der Waals surface area contributed by atoms with Crippen molar-refractivity contribution in [1.29, 1.82) is 0 Å². The summed E-state index contributed by atoms with van der Waals surface area (Å²) < 4.78 is 21.0. The predicted octanol–water partition coefficient (Wildman–Crippen LogP) is 2.53. The zero-order chi connectivity index (χ0) is 24.1. The van der Waals surface area contributed by atoms with Crippen molar-refractivity contribution in [2.75, 3.05) is 60.2 Å². The first-order valence-corrected chi connectivity index (χ1v) is 11.1. The molecule has 1 aliphatic rings. The van der Waals surface area contributed by atoms with Crippen molar-refractivity contribution in [3.63, 3.8) is 0 Å². The summed E-state index contributed by atoms with van der Waals surface area (Å²) in [5, 5.41) is 2.95. The van der Waals surface area contributed by atoms with Gasteiger partial charge >= 0.3 is 6.09 Å². The van der Waals surface area contributed by atoms with E-state index in [4.69, 9.17) is 18.9 Å². The highest BCUT2D eigenvalue weighted by molar-refractivity contribution is 5.88. The zero-order valence-electron chi connectivity index (χ0n) is 19.9. The maximum atomic E-state index is 12.2. The molecule has 9 nitrogen and oxygen atoms in total. The molecule has 1 N–H and O–H groups in total. The molecule has 9 heteroatoms. The highest BCUT2D eigenvalue weighted by atomic mass is 16.6. The molecular formula is C24H35N3O6. The molecule has 0 aromatic heterocycles. The number of allylic oxidation sites excluding steroid dienone is 2. The summed E-state index contributed by atoms with van der Waals surface area (Å²) in [5.41, 5.74) is 0.920. The topological polar surface area (TPSA) is 89.6 Å². The van der Waals surface area contributed by atoms with Crippen molar-refractivity contribution in [3.8, 4) is 11.5 Å². The van der Waals surface area contributed by atoms with E-state index < -0.39 is 0 Å². The Kier molecular flexibility index (Phi) is 11.3. The number of nitrogens with zero attached hydrogens (tertiary/aromatic N) is 2. The minimum absolute atomic E-state index is 0.134. The highest BCUT2D eigenvalue weighted by Crippen LogP contribution is 2.28. The van der Waals surface area contributed by atoms with Gasteiger partial charge in [-0.2, -0.15) is 0 Å². The maximum absolute atomic E-state index is 12.2. The molecule has 2 rings (SSSR count). The molecule has 1 atom stereocenters. The molecule has 33 heavy (non-hydrogen) atoms. The number of amides is 2. The van der Waals surface area contributed by atoms with Crippen LogP contribution in [0, 0.1) is 0 Å². The molecule has 0 spiro atoms. The van der Waals surface area contributed by atoms with E-state index in [2.05, 4.69) is 10.2 Å². The van der Waals surface area contributed by atoms with Gasteiger partial charge < -0.3 is 29.2 Å². The number of carbonyl (C=O) groups excluding carboxylic acids is 2. The second kappa shape index (κ2) is 14.2. The van der Waals surface area contributed by atoms with Crippen LogP contribution in [0.25, 0.3) is 6.08 Å². The van der Waals surface area contributed by atoms with Gasteiger partial charge in [0.2, 0.25) is 5.91 Å². The third kappa shape index (κ3) is 8.78. The molecule has 1 aromatic carbocycles. The summed E-state index contributed by atoms with van der Waals surface area (Å²) in [4.78, 5) is 27.8. The maximum Gasteiger partial charge on any atom is 0.409 e. The molecule has 1 heterocycles. The molecule has 0 saturated carbocycles. The van der Waals surface area contributed by atoms with Crippen molar-refractivity contribution in [2.24, 2.45) is 0 Å². The molecule has 182 valence electrons. The summed E-state index contributed by atoms with van der Waals surface area (Å²) in [7, 11) is 3.21. The molecule has 1 saturated heterocycles. The van der Waals surface area contributed by atoms with Crippen LogP contribution in [-0.4, -0.2) is 88.2 Å². The van der Waals surface area contributed by atoms with Gasteiger partial charge in [0.05, 0.1) is 26.5 Å². The monoisotopic (exact) mass is 461 g/mol. The van der Waals surface area contributed by atoms with E-state index >= 15 is 0 Å². The van der Waals surface area contributed by atoms with E-state index in [0.717, 1.165) is 5.56 Å². The van der Waals surface area contributed by atoms with E-state index in [9.17, 15) is 9.59 Å². The fourth-order valence-electron chi connectivity index (χ4n) is 3.30. The summed E-state index contributed by atoms with van der Waals surface area (Å²) in [6.45, 7) is 7.56. The second-order valence-corrected chi connectivity index (χ2v) is 7.38. The molecule has 0 aliphatic carbocycles. The summed E-state index contributed by atoms with van der Waals surface area (Å²) >= 11 is 0. The van der Waals surface area contributed by atoms with E-state index in [0.29, 0.717) is 57.5 Å². The lowest BCUT2D eigenvalue weighted by atomic mass is 10.2. The van der Waals surface area contributed by atoms with Gasteiger partial charge in [0, 0.05) is 39.4 Å². The Hall–Kier alpha value is -3.04. The van der Waals surface area contributed by atoms with Crippen LogP contribution in [-0.2, 0) is 14.3 Å². The van der Waals surface area contributed by atoms with Crippen molar-refractivity contribution in [1.82, 2.24) is 15.1 Å². The molecule has 0 bridgehead atoms. The van der Waals surface area contributed by atoms with Gasteiger partial charge in [-0.25, -0.2) is 4.79 Å². The second-order valence-electron chi connectivity index (χ2n) is 7.38. The molecule has 1 aromatic rings. The van der Waals surface area contributed by atoms with Gasteiger partial charge in [-0.3, -0.25) is 9.69 Å². The molecule has 1 aliphatic heterocycles. The smallest absolute Gasteiger partial charge is 0.409 e. The van der Waals surface area contributed by atoms with Crippen molar-refractivity contribution < 1.29 is 28.5 Å². The number of rotatable bonds is 11. The summed E-state index contributed by atoms with van der Waals surface area (Å²) in [6.07, 6.45) is 6.43. The first-order chi connectivity index (χ1) is 16.0. The van der Waals surface area contributed by atoms with Crippen molar-refractivity contribution >= 4 is 18.1 Å². The van der Waals surface area contributed by atoms with Crippen LogP contribution in [0.15, 0.2) is 36.4 Å². The van der Waals surface area contributed by atoms with Gasteiger partial charge in [-0.05, 0) is 31.5 Å². The third-order valence-corrected chi connectivity index (χ3v) is 5.12. The fourth-order valence-corrected chi connectivity index (χ4v) is 3.30. The minimum atomic E-state index is -0.283. The van der Waals surface area contributed by atoms with Gasteiger partial charge in [-0.15, -0.1) is 0 Å². The summed E-state index contributed by atoms with van der Waals surface area (Å²) in [6, 6.07) is 5.62. The van der Waals surface area contributed by atoms with Crippen LogP contribution in [0.2, 0.25) is 0 Å². The largest absolute Gasteiger partial charge is 0.493 e. The highest BCUT2D eigenvalue weighted by Gasteiger charge is 2.25. The average molecular weight is 462 g/mol. The standard InChI is InChI=1S/C24H35N3O6/c1-5-32-24(29)27-14-12-26(13-15-27)19(2)25-23(28)9-7-6-8-20-10-11-21(22(18-20)31-4)33-17-16-30-3/h6-11,18-19H,5,12-17H2,1-4H3,(H,25,28). The van der Waals surface area contributed by atoms with Crippen LogP contribution >= 0.6 is 0 Å². The Balaban J connectivity index is 1.79. The predicted molar refractivity (Wildman–Crippen MR) is 126 cm³/mol. The van der Waals surface area contributed by atoms with Crippen molar-refractivity contribution in [2.45, 2.75) is 20.0 Å². The van der Waals surface area contributed by atoms with E-state index in [1.165, 1.54) is 6.08 Å². The molecule has 1 unspecified atom stereocenters. The van der Waals surface area contributed by atoms with E-state index in [1.54, 1.807) is 38.2 Å². The Bertz CT molecular complexity index is 818. The van der Waals surface area contributed by atoms with E-state index in [-0.39, 0.29) is 18.2 Å². The van der Waals surface area contributed by atoms with Gasteiger partial charge in [0.15, 0.2) is 11.5 Å². The van der Waals surface area contributed by atoms with Crippen LogP contribution < -0.4 is 14.8 Å². The molecule has 0 radical (unpaired) electrons. The van der Waals surface area contributed by atoms with Crippen LogP contribution in [0.1, 0.15) is 19.4 Å². The minimum Gasteiger partial charge on any atom is -0.493 e. The van der Waals surface area contributed by atoms with Gasteiger partial charge in [-0.1, -0.05) is 24.3 Å². The molecule has 1 fully saturated rings. The summed E-state index contributed by atoms with van der Waals surface area (Å²) in [5.74, 6) is 1.10. The lowest BCUT2D eigenvalue weighted by Crippen LogP contribution is -2.55. The Labute approximate surface area is 195 Å². The number of ether oxygens (including phenoxy) is 4.